The molecule has 1 aromatic heterocycles. The number of hydrogen-bond donors (Lipinski definition) is 2. The molecule has 0 unspecified atom stereocenters. The SMILES string of the molecule is CN=C(NCc1ccsc1)NCc1cccc(OC)c1.I. The lowest BCUT2D eigenvalue weighted by atomic mass is 10.2. The summed E-state index contributed by atoms with van der Waals surface area (Å²) >= 11 is 1.70. The largest absolute Gasteiger partial charge is 0.497 e. The van der Waals surface area contributed by atoms with Gasteiger partial charge in [0.2, 0.25) is 0 Å². The number of halogens is 1. The molecule has 0 saturated carbocycles. The maximum atomic E-state index is 5.21. The molecular weight excluding hydrogens is 397 g/mol. The van der Waals surface area contributed by atoms with Crippen LogP contribution in [-0.4, -0.2) is 20.1 Å². The summed E-state index contributed by atoms with van der Waals surface area (Å²) in [6.45, 7) is 1.49. The maximum Gasteiger partial charge on any atom is 0.191 e. The fourth-order valence-corrected chi connectivity index (χ4v) is 2.44. The molecule has 0 amide bonds. The second kappa shape index (κ2) is 9.62. The number of nitrogens with one attached hydrogen (secondary N) is 2. The minimum absolute atomic E-state index is 0. The van der Waals surface area contributed by atoms with Crippen LogP contribution in [0.1, 0.15) is 11.1 Å². The fraction of sp³-hybridized carbons (Fsp3) is 0.267. The topological polar surface area (TPSA) is 45.7 Å². The molecule has 2 aromatic rings. The molecule has 0 atom stereocenters. The molecule has 0 aliphatic carbocycles. The third-order valence-corrected chi connectivity index (χ3v) is 3.59. The normalized spacial score (nSPS) is 10.7. The Hall–Kier alpha value is -1.28. The molecule has 0 saturated heterocycles. The van der Waals surface area contributed by atoms with Crippen LogP contribution in [0.3, 0.4) is 0 Å². The number of hydrogen-bond acceptors (Lipinski definition) is 3. The van der Waals surface area contributed by atoms with Crippen molar-refractivity contribution in [1.82, 2.24) is 10.6 Å². The molecule has 0 fully saturated rings. The Morgan fingerprint density at radius 3 is 2.57 bits per heavy atom. The molecular formula is C15H20IN3OS. The highest BCUT2D eigenvalue weighted by Gasteiger charge is 2.00. The summed E-state index contributed by atoms with van der Waals surface area (Å²) in [5, 5.41) is 10.8. The summed E-state index contributed by atoms with van der Waals surface area (Å²) in [7, 11) is 3.45. The van der Waals surface area contributed by atoms with E-state index in [0.29, 0.717) is 6.54 Å². The number of methoxy groups -OCH3 is 1. The van der Waals surface area contributed by atoms with Crippen LogP contribution in [-0.2, 0) is 13.1 Å². The second-order valence-corrected chi connectivity index (χ2v) is 5.04. The fourth-order valence-electron chi connectivity index (χ4n) is 1.77. The van der Waals surface area contributed by atoms with Crippen LogP contribution >= 0.6 is 35.3 Å². The molecule has 114 valence electrons. The Labute approximate surface area is 146 Å². The minimum atomic E-state index is 0. The number of thiophene rings is 1. The molecule has 2 rings (SSSR count). The summed E-state index contributed by atoms with van der Waals surface area (Å²) in [6, 6.07) is 10.1. The van der Waals surface area contributed by atoms with Gasteiger partial charge in [-0.3, -0.25) is 4.99 Å². The highest BCUT2D eigenvalue weighted by molar-refractivity contribution is 14.0. The van der Waals surface area contributed by atoms with Gasteiger partial charge in [-0.25, -0.2) is 0 Å². The van der Waals surface area contributed by atoms with E-state index in [0.717, 1.165) is 23.8 Å². The van der Waals surface area contributed by atoms with Crippen LogP contribution in [0, 0.1) is 0 Å². The summed E-state index contributed by atoms with van der Waals surface area (Å²) in [5.41, 5.74) is 2.42. The van der Waals surface area contributed by atoms with Gasteiger partial charge in [0.15, 0.2) is 5.96 Å². The van der Waals surface area contributed by atoms with E-state index in [1.54, 1.807) is 25.5 Å². The lowest BCUT2D eigenvalue weighted by Gasteiger charge is -2.12. The van der Waals surface area contributed by atoms with Gasteiger partial charge in [-0.2, -0.15) is 11.3 Å². The number of rotatable bonds is 5. The van der Waals surface area contributed by atoms with Crippen molar-refractivity contribution in [3.63, 3.8) is 0 Å². The molecule has 1 heterocycles. The number of aliphatic imine (C=N–C) groups is 1. The van der Waals surface area contributed by atoms with E-state index in [2.05, 4.69) is 38.5 Å². The van der Waals surface area contributed by atoms with E-state index in [-0.39, 0.29) is 24.0 Å². The van der Waals surface area contributed by atoms with Crippen molar-refractivity contribution in [3.05, 3.63) is 52.2 Å². The molecule has 0 aliphatic rings. The van der Waals surface area contributed by atoms with Crippen LogP contribution in [0.2, 0.25) is 0 Å². The lowest BCUT2D eigenvalue weighted by molar-refractivity contribution is 0.414. The number of ether oxygens (including phenoxy) is 1. The molecule has 0 radical (unpaired) electrons. The molecule has 0 bridgehead atoms. The molecule has 1 aromatic carbocycles. The van der Waals surface area contributed by atoms with Gasteiger partial charge in [-0.15, -0.1) is 24.0 Å². The van der Waals surface area contributed by atoms with Gasteiger partial charge in [0.25, 0.3) is 0 Å². The summed E-state index contributed by atoms with van der Waals surface area (Å²) in [6.07, 6.45) is 0. The second-order valence-electron chi connectivity index (χ2n) is 4.26. The van der Waals surface area contributed by atoms with Gasteiger partial charge in [0, 0.05) is 20.1 Å². The average molecular weight is 417 g/mol. The third kappa shape index (κ3) is 5.92. The van der Waals surface area contributed by atoms with Crippen molar-refractivity contribution in [2.45, 2.75) is 13.1 Å². The molecule has 4 nitrogen and oxygen atoms in total. The Kier molecular flexibility index (Phi) is 8.14. The third-order valence-electron chi connectivity index (χ3n) is 2.86. The van der Waals surface area contributed by atoms with Crippen LogP contribution in [0.25, 0.3) is 0 Å². The van der Waals surface area contributed by atoms with Crippen molar-refractivity contribution >= 4 is 41.3 Å². The number of nitrogens with zero attached hydrogens (tertiary/aromatic N) is 1. The first-order chi connectivity index (χ1) is 9.81. The minimum Gasteiger partial charge on any atom is -0.497 e. The monoisotopic (exact) mass is 417 g/mol. The van der Waals surface area contributed by atoms with E-state index >= 15 is 0 Å². The predicted molar refractivity (Wildman–Crippen MR) is 99.8 cm³/mol. The first kappa shape index (κ1) is 17.8. The molecule has 0 aliphatic heterocycles. The Morgan fingerprint density at radius 2 is 1.95 bits per heavy atom. The standard InChI is InChI=1S/C15H19N3OS.HI/c1-16-15(18-10-13-6-7-20-11-13)17-9-12-4-3-5-14(8-12)19-2;/h3-8,11H,9-10H2,1-2H3,(H2,16,17,18);1H. The quantitative estimate of drug-likeness (QED) is 0.446. The van der Waals surface area contributed by atoms with Gasteiger partial charge in [-0.05, 0) is 40.1 Å². The first-order valence-electron chi connectivity index (χ1n) is 6.40. The summed E-state index contributed by atoms with van der Waals surface area (Å²) in [4.78, 5) is 4.21. The van der Waals surface area contributed by atoms with Crippen molar-refractivity contribution in [2.75, 3.05) is 14.2 Å². The van der Waals surface area contributed by atoms with Gasteiger partial charge < -0.3 is 15.4 Å². The summed E-state index contributed by atoms with van der Waals surface area (Å²) in [5.74, 6) is 1.66. The van der Waals surface area contributed by atoms with E-state index < -0.39 is 0 Å². The highest BCUT2D eigenvalue weighted by Crippen LogP contribution is 2.12. The molecule has 0 spiro atoms. The van der Waals surface area contributed by atoms with E-state index in [1.165, 1.54) is 5.56 Å². The zero-order valence-corrected chi connectivity index (χ0v) is 15.3. The van der Waals surface area contributed by atoms with Crippen molar-refractivity contribution < 1.29 is 4.74 Å². The van der Waals surface area contributed by atoms with Crippen LogP contribution in [0.15, 0.2) is 46.1 Å². The summed E-state index contributed by atoms with van der Waals surface area (Å²) < 4.78 is 5.21. The Bertz CT molecular complexity index is 558. The Morgan fingerprint density at radius 1 is 1.19 bits per heavy atom. The molecule has 21 heavy (non-hydrogen) atoms. The van der Waals surface area contributed by atoms with E-state index in [4.69, 9.17) is 4.74 Å². The predicted octanol–water partition coefficient (Wildman–Crippen LogP) is 3.24. The van der Waals surface area contributed by atoms with Gasteiger partial charge in [0.1, 0.15) is 5.75 Å². The van der Waals surface area contributed by atoms with Crippen LogP contribution in [0.5, 0.6) is 5.75 Å². The molecule has 6 heteroatoms. The van der Waals surface area contributed by atoms with E-state index in [1.807, 2.05) is 18.2 Å². The van der Waals surface area contributed by atoms with Crippen LogP contribution < -0.4 is 15.4 Å². The number of guanidine groups is 1. The van der Waals surface area contributed by atoms with Crippen molar-refractivity contribution in [2.24, 2.45) is 4.99 Å². The first-order valence-corrected chi connectivity index (χ1v) is 7.34. The van der Waals surface area contributed by atoms with Crippen molar-refractivity contribution in [3.8, 4) is 5.75 Å². The molecule has 2 N–H and O–H groups in total. The smallest absolute Gasteiger partial charge is 0.191 e. The number of benzene rings is 1. The van der Waals surface area contributed by atoms with Crippen molar-refractivity contribution in [1.29, 1.82) is 0 Å². The lowest BCUT2D eigenvalue weighted by Crippen LogP contribution is -2.36. The maximum absolute atomic E-state index is 5.21. The van der Waals surface area contributed by atoms with Gasteiger partial charge >= 0.3 is 0 Å². The zero-order valence-electron chi connectivity index (χ0n) is 12.1. The highest BCUT2D eigenvalue weighted by atomic mass is 127. The average Bonchev–Trinajstić information content (AvgIpc) is 3.01. The van der Waals surface area contributed by atoms with Crippen LogP contribution in [0.4, 0.5) is 0 Å². The van der Waals surface area contributed by atoms with Gasteiger partial charge in [0.05, 0.1) is 7.11 Å². The van der Waals surface area contributed by atoms with E-state index in [9.17, 15) is 0 Å². The van der Waals surface area contributed by atoms with Gasteiger partial charge in [-0.1, -0.05) is 12.1 Å². The Balaban J connectivity index is 0.00000220. The zero-order chi connectivity index (χ0) is 14.2.